The Morgan fingerprint density at radius 1 is 1.35 bits per heavy atom. The minimum atomic E-state index is -0.476. The zero-order chi connectivity index (χ0) is 18.9. The van der Waals surface area contributed by atoms with Gasteiger partial charge in [0.2, 0.25) is 0 Å². The van der Waals surface area contributed by atoms with Crippen LogP contribution in [0.2, 0.25) is 0 Å². The van der Waals surface area contributed by atoms with Crippen LogP contribution in [0.25, 0.3) is 0 Å². The van der Waals surface area contributed by atoms with Crippen molar-refractivity contribution in [2.24, 2.45) is 10.9 Å². The van der Waals surface area contributed by atoms with Crippen molar-refractivity contribution in [2.75, 3.05) is 53.5 Å². The molecule has 1 aliphatic heterocycles. The van der Waals surface area contributed by atoms with Crippen molar-refractivity contribution >= 4 is 36.0 Å². The van der Waals surface area contributed by atoms with E-state index in [9.17, 15) is 4.79 Å². The second-order valence-electron chi connectivity index (χ2n) is 7.55. The van der Waals surface area contributed by atoms with Crippen LogP contribution in [0.5, 0.6) is 0 Å². The van der Waals surface area contributed by atoms with Crippen molar-refractivity contribution in [3.05, 3.63) is 0 Å². The van der Waals surface area contributed by atoms with Crippen molar-refractivity contribution in [2.45, 2.75) is 46.1 Å². The van der Waals surface area contributed by atoms with Crippen LogP contribution in [0, 0.1) is 5.92 Å². The molecule has 0 radical (unpaired) electrons. The van der Waals surface area contributed by atoms with Crippen molar-refractivity contribution < 1.29 is 14.3 Å². The van der Waals surface area contributed by atoms with E-state index in [2.05, 4.69) is 22.1 Å². The fraction of sp³-hybridized carbons (Fsp3) is 0.889. The van der Waals surface area contributed by atoms with E-state index in [1.54, 1.807) is 11.9 Å². The number of carbonyl (C=O) groups excluding carboxylic acids is 1. The minimum Gasteiger partial charge on any atom is -0.444 e. The third kappa shape index (κ3) is 9.80. The first kappa shape index (κ1) is 25.2. The van der Waals surface area contributed by atoms with E-state index >= 15 is 0 Å². The number of guanidine groups is 1. The van der Waals surface area contributed by atoms with Crippen LogP contribution in [0.4, 0.5) is 4.79 Å². The first-order valence-electron chi connectivity index (χ1n) is 9.24. The van der Waals surface area contributed by atoms with Crippen molar-refractivity contribution in [3.63, 3.8) is 0 Å². The molecular weight excluding hydrogens is 447 g/mol. The van der Waals surface area contributed by atoms with Crippen LogP contribution in [0.15, 0.2) is 4.99 Å². The summed E-state index contributed by atoms with van der Waals surface area (Å²) < 4.78 is 10.9. The third-order valence-electron chi connectivity index (χ3n) is 3.94. The molecule has 1 N–H and O–H groups in total. The number of rotatable bonds is 7. The highest BCUT2D eigenvalue weighted by molar-refractivity contribution is 14.0. The van der Waals surface area contributed by atoms with Gasteiger partial charge in [0.15, 0.2) is 5.96 Å². The molecule has 1 fully saturated rings. The molecule has 0 spiro atoms. The first-order valence-corrected chi connectivity index (χ1v) is 9.24. The summed E-state index contributed by atoms with van der Waals surface area (Å²) in [5.41, 5.74) is -0.476. The Morgan fingerprint density at radius 2 is 2.04 bits per heavy atom. The van der Waals surface area contributed by atoms with Gasteiger partial charge in [0.25, 0.3) is 0 Å². The SMILES string of the molecule is CCCN(CCNC(=NC)N(C)CC1CCOC1)C(=O)OC(C)(C)C.I. The normalized spacial score (nSPS) is 17.5. The Bertz CT molecular complexity index is 435. The van der Waals surface area contributed by atoms with E-state index in [0.29, 0.717) is 25.6 Å². The summed E-state index contributed by atoms with van der Waals surface area (Å²) in [5.74, 6) is 1.40. The molecule has 1 heterocycles. The summed E-state index contributed by atoms with van der Waals surface area (Å²) in [5, 5.41) is 3.34. The predicted octanol–water partition coefficient (Wildman–Crippen LogP) is 2.80. The lowest BCUT2D eigenvalue weighted by Crippen LogP contribution is -2.46. The highest BCUT2D eigenvalue weighted by atomic mass is 127. The van der Waals surface area contributed by atoms with Gasteiger partial charge in [-0.1, -0.05) is 6.92 Å². The average Bonchev–Trinajstić information content (AvgIpc) is 3.01. The molecule has 1 aliphatic rings. The van der Waals surface area contributed by atoms with Crippen LogP contribution in [-0.4, -0.2) is 80.9 Å². The zero-order valence-corrected chi connectivity index (χ0v) is 19.5. The first-order chi connectivity index (χ1) is 11.8. The summed E-state index contributed by atoms with van der Waals surface area (Å²) >= 11 is 0. The molecule has 1 saturated heterocycles. The fourth-order valence-corrected chi connectivity index (χ4v) is 2.78. The fourth-order valence-electron chi connectivity index (χ4n) is 2.78. The topological polar surface area (TPSA) is 66.4 Å². The molecule has 154 valence electrons. The lowest BCUT2D eigenvalue weighted by Gasteiger charge is -2.28. The second-order valence-corrected chi connectivity index (χ2v) is 7.55. The van der Waals surface area contributed by atoms with Crippen LogP contribution in [-0.2, 0) is 9.47 Å². The Balaban J connectivity index is 0.00000625. The quantitative estimate of drug-likeness (QED) is 0.342. The molecule has 0 aromatic rings. The van der Waals surface area contributed by atoms with Gasteiger partial charge in [-0.15, -0.1) is 24.0 Å². The van der Waals surface area contributed by atoms with Gasteiger partial charge >= 0.3 is 6.09 Å². The number of amides is 1. The van der Waals surface area contributed by atoms with E-state index in [-0.39, 0.29) is 30.1 Å². The van der Waals surface area contributed by atoms with Gasteiger partial charge < -0.3 is 24.6 Å². The molecule has 7 nitrogen and oxygen atoms in total. The number of carbonyl (C=O) groups is 1. The van der Waals surface area contributed by atoms with E-state index < -0.39 is 5.60 Å². The molecule has 0 aromatic carbocycles. The smallest absolute Gasteiger partial charge is 0.410 e. The minimum absolute atomic E-state index is 0. The van der Waals surface area contributed by atoms with Crippen molar-refractivity contribution in [3.8, 4) is 0 Å². The second kappa shape index (κ2) is 12.6. The Hall–Kier alpha value is -0.770. The molecule has 8 heteroatoms. The Labute approximate surface area is 175 Å². The highest BCUT2D eigenvalue weighted by Crippen LogP contribution is 2.13. The highest BCUT2D eigenvalue weighted by Gasteiger charge is 2.22. The van der Waals surface area contributed by atoms with Crippen molar-refractivity contribution in [1.29, 1.82) is 0 Å². The van der Waals surface area contributed by atoms with Crippen LogP contribution < -0.4 is 5.32 Å². The van der Waals surface area contributed by atoms with Gasteiger partial charge in [-0.05, 0) is 33.6 Å². The van der Waals surface area contributed by atoms with Gasteiger partial charge in [0, 0.05) is 52.8 Å². The number of hydrogen-bond donors (Lipinski definition) is 1. The molecule has 0 aromatic heterocycles. The number of hydrogen-bond acceptors (Lipinski definition) is 4. The Kier molecular flexibility index (Phi) is 12.2. The van der Waals surface area contributed by atoms with Gasteiger partial charge in [0.05, 0.1) is 6.61 Å². The zero-order valence-electron chi connectivity index (χ0n) is 17.2. The summed E-state index contributed by atoms with van der Waals surface area (Å²) in [7, 11) is 3.81. The summed E-state index contributed by atoms with van der Waals surface area (Å²) in [6, 6.07) is 0. The summed E-state index contributed by atoms with van der Waals surface area (Å²) in [6.07, 6.45) is 1.74. The molecule has 0 bridgehead atoms. The lowest BCUT2D eigenvalue weighted by atomic mass is 10.1. The summed E-state index contributed by atoms with van der Waals surface area (Å²) in [6.45, 7) is 12.2. The summed E-state index contributed by atoms with van der Waals surface area (Å²) in [4.78, 5) is 20.5. The van der Waals surface area contributed by atoms with Crippen LogP contribution in [0.1, 0.15) is 40.5 Å². The molecule has 0 saturated carbocycles. The predicted molar refractivity (Wildman–Crippen MR) is 116 cm³/mol. The number of halogens is 1. The van der Waals surface area contributed by atoms with Crippen molar-refractivity contribution in [1.82, 2.24) is 15.1 Å². The van der Waals surface area contributed by atoms with Gasteiger partial charge in [-0.2, -0.15) is 0 Å². The molecule has 1 unspecified atom stereocenters. The Morgan fingerprint density at radius 3 is 2.54 bits per heavy atom. The monoisotopic (exact) mass is 484 g/mol. The number of ether oxygens (including phenoxy) is 2. The molecular formula is C18H37IN4O3. The maximum atomic E-state index is 12.3. The largest absolute Gasteiger partial charge is 0.444 e. The van der Waals surface area contributed by atoms with Gasteiger partial charge in [-0.25, -0.2) is 4.79 Å². The number of nitrogens with one attached hydrogen (secondary N) is 1. The molecule has 0 aliphatic carbocycles. The average molecular weight is 484 g/mol. The molecule has 26 heavy (non-hydrogen) atoms. The maximum Gasteiger partial charge on any atom is 0.410 e. The number of aliphatic imine (C=N–C) groups is 1. The third-order valence-corrected chi connectivity index (χ3v) is 3.94. The standard InChI is InChI=1S/C18H36N4O3.HI/c1-7-10-22(17(23)25-18(2,3)4)11-9-20-16(19-5)21(6)13-15-8-12-24-14-15;/h15H,7-14H2,1-6H3,(H,19,20);1H. The molecule has 1 atom stereocenters. The van der Waals surface area contributed by atoms with Gasteiger partial charge in [-0.3, -0.25) is 4.99 Å². The number of nitrogens with zero attached hydrogens (tertiary/aromatic N) is 3. The molecule has 1 rings (SSSR count). The van der Waals surface area contributed by atoms with E-state index in [4.69, 9.17) is 9.47 Å². The van der Waals surface area contributed by atoms with Crippen LogP contribution in [0.3, 0.4) is 0 Å². The van der Waals surface area contributed by atoms with Gasteiger partial charge in [0.1, 0.15) is 5.60 Å². The van der Waals surface area contributed by atoms with E-state index in [0.717, 1.165) is 38.6 Å². The lowest BCUT2D eigenvalue weighted by molar-refractivity contribution is 0.0253. The van der Waals surface area contributed by atoms with E-state index in [1.807, 2.05) is 27.8 Å². The maximum absolute atomic E-state index is 12.3. The van der Waals surface area contributed by atoms with E-state index in [1.165, 1.54) is 0 Å². The van der Waals surface area contributed by atoms with Crippen LogP contribution >= 0.6 is 24.0 Å². The molecule has 1 amide bonds.